The molecule has 1 saturated carbocycles. The number of nitrogens with zero attached hydrogens (tertiary/aromatic N) is 4. The molecule has 6 heteroatoms. The Labute approximate surface area is 121 Å². The average molecular weight is 291 g/mol. The van der Waals surface area contributed by atoms with Crippen LogP contribution in [0.2, 0.25) is 0 Å². The molecule has 1 unspecified atom stereocenters. The highest BCUT2D eigenvalue weighted by Crippen LogP contribution is 2.57. The van der Waals surface area contributed by atoms with Crippen LogP contribution >= 0.6 is 11.6 Å². The van der Waals surface area contributed by atoms with Gasteiger partial charge in [-0.25, -0.2) is 4.98 Å². The zero-order chi connectivity index (χ0) is 13.7. The first-order chi connectivity index (χ1) is 9.76. The van der Waals surface area contributed by atoms with Crippen molar-refractivity contribution in [3.8, 4) is 0 Å². The van der Waals surface area contributed by atoms with Gasteiger partial charge in [0, 0.05) is 25.2 Å². The van der Waals surface area contributed by atoms with E-state index in [1.54, 1.807) is 0 Å². The van der Waals surface area contributed by atoms with Crippen molar-refractivity contribution in [2.24, 2.45) is 11.8 Å². The van der Waals surface area contributed by atoms with Crippen molar-refractivity contribution in [2.45, 2.75) is 18.7 Å². The third-order valence-corrected chi connectivity index (χ3v) is 4.54. The van der Waals surface area contributed by atoms with E-state index in [1.807, 2.05) is 6.20 Å². The maximum Gasteiger partial charge on any atom is 0.241 e. The first-order valence-corrected chi connectivity index (χ1v) is 7.36. The van der Waals surface area contributed by atoms with Gasteiger partial charge < -0.3 is 9.42 Å². The summed E-state index contributed by atoms with van der Waals surface area (Å²) in [6.07, 6.45) is 1.92. The summed E-state index contributed by atoms with van der Waals surface area (Å²) in [6.45, 7) is 4.10. The Morgan fingerprint density at radius 1 is 1.35 bits per heavy atom. The van der Waals surface area contributed by atoms with Gasteiger partial charge in [0.1, 0.15) is 11.7 Å². The molecule has 0 radical (unpaired) electrons. The van der Waals surface area contributed by atoms with Crippen LogP contribution in [0.4, 0.5) is 5.82 Å². The lowest BCUT2D eigenvalue weighted by molar-refractivity contribution is 0.383. The molecule has 3 atom stereocenters. The van der Waals surface area contributed by atoms with Gasteiger partial charge in [-0.05, 0) is 30.4 Å². The van der Waals surface area contributed by atoms with E-state index in [9.17, 15) is 0 Å². The summed E-state index contributed by atoms with van der Waals surface area (Å²) in [7, 11) is 0. The lowest BCUT2D eigenvalue weighted by atomic mass is 10.2. The van der Waals surface area contributed by atoms with E-state index in [1.165, 1.54) is 5.56 Å². The lowest BCUT2D eigenvalue weighted by Gasteiger charge is -2.20. The van der Waals surface area contributed by atoms with E-state index >= 15 is 0 Å². The summed E-state index contributed by atoms with van der Waals surface area (Å²) in [5.74, 6) is 4.39. The largest absolute Gasteiger partial charge is 0.356 e. The van der Waals surface area contributed by atoms with Crippen molar-refractivity contribution in [3.63, 3.8) is 0 Å². The van der Waals surface area contributed by atoms with Gasteiger partial charge >= 0.3 is 0 Å². The van der Waals surface area contributed by atoms with Crippen molar-refractivity contribution in [2.75, 3.05) is 18.0 Å². The van der Waals surface area contributed by atoms with Gasteiger partial charge in [-0.1, -0.05) is 11.2 Å². The lowest BCUT2D eigenvalue weighted by Crippen LogP contribution is -2.24. The molecule has 104 valence electrons. The first kappa shape index (κ1) is 12.1. The number of aromatic nitrogens is 3. The minimum atomic E-state index is 0.286. The fraction of sp³-hybridized carbons (Fsp3) is 0.500. The van der Waals surface area contributed by atoms with Crippen LogP contribution in [0.15, 0.2) is 22.9 Å². The number of hydrogen-bond donors (Lipinski definition) is 0. The van der Waals surface area contributed by atoms with E-state index in [-0.39, 0.29) is 5.88 Å². The standard InChI is InChI=1S/C14H15ClN4O/c1-8-2-3-11(16-5-8)19-6-9-10(7-19)13(9)14-17-12(4-15)20-18-14/h2-3,5,9-10,13H,4,6-7H2,1H3/t9-,10+,13?. The summed E-state index contributed by atoms with van der Waals surface area (Å²) < 4.78 is 5.09. The van der Waals surface area contributed by atoms with Crippen LogP contribution in [0, 0.1) is 18.8 Å². The second-order valence-electron chi connectivity index (χ2n) is 5.63. The van der Waals surface area contributed by atoms with E-state index in [0.29, 0.717) is 23.6 Å². The van der Waals surface area contributed by atoms with Gasteiger partial charge in [0.15, 0.2) is 5.82 Å². The van der Waals surface area contributed by atoms with Gasteiger partial charge in [0.05, 0.1) is 0 Å². The molecule has 0 N–H and O–H groups in total. The number of rotatable bonds is 3. The Hall–Kier alpha value is -1.62. The Morgan fingerprint density at radius 3 is 2.75 bits per heavy atom. The predicted molar refractivity (Wildman–Crippen MR) is 74.8 cm³/mol. The van der Waals surface area contributed by atoms with Gasteiger partial charge in [-0.3, -0.25) is 0 Å². The van der Waals surface area contributed by atoms with Gasteiger partial charge in [0.25, 0.3) is 0 Å². The molecule has 0 amide bonds. The Balaban J connectivity index is 1.44. The number of pyridine rings is 1. The molecule has 1 aliphatic carbocycles. The third kappa shape index (κ3) is 1.88. The van der Waals surface area contributed by atoms with E-state index in [4.69, 9.17) is 16.1 Å². The van der Waals surface area contributed by atoms with Crippen LogP contribution in [-0.2, 0) is 5.88 Å². The van der Waals surface area contributed by atoms with Crippen LogP contribution in [0.5, 0.6) is 0 Å². The van der Waals surface area contributed by atoms with Gasteiger partial charge in [-0.2, -0.15) is 4.98 Å². The zero-order valence-corrected chi connectivity index (χ0v) is 11.9. The molecule has 2 fully saturated rings. The number of anilines is 1. The van der Waals surface area contributed by atoms with Crippen molar-refractivity contribution in [1.82, 2.24) is 15.1 Å². The van der Waals surface area contributed by atoms with Gasteiger partial charge in [0.2, 0.25) is 5.89 Å². The van der Waals surface area contributed by atoms with E-state index < -0.39 is 0 Å². The molecule has 0 aromatic carbocycles. The second-order valence-corrected chi connectivity index (χ2v) is 5.90. The second kappa shape index (κ2) is 4.45. The van der Waals surface area contributed by atoms with Crippen LogP contribution in [-0.4, -0.2) is 28.2 Å². The molecule has 0 bridgehead atoms. The summed E-state index contributed by atoms with van der Waals surface area (Å²) in [4.78, 5) is 11.2. The van der Waals surface area contributed by atoms with Gasteiger partial charge in [-0.15, -0.1) is 11.6 Å². The number of halogens is 1. The molecule has 4 rings (SSSR count). The average Bonchev–Trinajstić information content (AvgIpc) is 2.88. The monoisotopic (exact) mass is 290 g/mol. The third-order valence-electron chi connectivity index (χ3n) is 4.31. The fourth-order valence-electron chi connectivity index (χ4n) is 3.20. The number of alkyl halides is 1. The summed E-state index contributed by atoms with van der Waals surface area (Å²) in [5.41, 5.74) is 1.19. The van der Waals surface area contributed by atoms with Crippen molar-refractivity contribution >= 4 is 17.4 Å². The smallest absolute Gasteiger partial charge is 0.241 e. The molecule has 2 aromatic heterocycles. The maximum absolute atomic E-state index is 5.69. The van der Waals surface area contributed by atoms with Crippen LogP contribution in [0.1, 0.15) is 23.2 Å². The maximum atomic E-state index is 5.69. The minimum Gasteiger partial charge on any atom is -0.356 e. The van der Waals surface area contributed by atoms with Crippen molar-refractivity contribution in [1.29, 1.82) is 0 Å². The topological polar surface area (TPSA) is 55.1 Å². The number of piperidine rings is 1. The summed E-state index contributed by atoms with van der Waals surface area (Å²) >= 11 is 5.69. The molecule has 0 spiro atoms. The normalized spacial score (nSPS) is 27.7. The summed E-state index contributed by atoms with van der Waals surface area (Å²) in [6, 6.07) is 4.20. The molecule has 20 heavy (non-hydrogen) atoms. The number of fused-ring (bicyclic) bond motifs is 1. The number of hydrogen-bond acceptors (Lipinski definition) is 5. The van der Waals surface area contributed by atoms with E-state index in [2.05, 4.69) is 39.1 Å². The predicted octanol–water partition coefficient (Wildman–Crippen LogP) is 2.36. The number of aryl methyl sites for hydroxylation is 1. The van der Waals surface area contributed by atoms with Crippen LogP contribution in [0.3, 0.4) is 0 Å². The molecule has 2 aliphatic rings. The Bertz CT molecular complexity index is 614. The molecule has 1 saturated heterocycles. The van der Waals surface area contributed by atoms with Crippen molar-refractivity contribution < 1.29 is 4.52 Å². The molecule has 2 aromatic rings. The quantitative estimate of drug-likeness (QED) is 0.812. The first-order valence-electron chi connectivity index (χ1n) is 6.82. The highest BCUT2D eigenvalue weighted by Gasteiger charge is 2.58. The highest BCUT2D eigenvalue weighted by atomic mass is 35.5. The molecule has 5 nitrogen and oxygen atoms in total. The fourth-order valence-corrected chi connectivity index (χ4v) is 3.31. The van der Waals surface area contributed by atoms with Crippen LogP contribution < -0.4 is 4.90 Å². The zero-order valence-electron chi connectivity index (χ0n) is 11.2. The Morgan fingerprint density at radius 2 is 2.15 bits per heavy atom. The minimum absolute atomic E-state index is 0.286. The van der Waals surface area contributed by atoms with Crippen molar-refractivity contribution in [3.05, 3.63) is 35.6 Å². The Kier molecular flexibility index (Phi) is 2.70. The molecule has 1 aliphatic heterocycles. The molecule has 3 heterocycles. The SMILES string of the molecule is Cc1ccc(N2C[C@@H]3C(c4noc(CCl)n4)[C@@H]3C2)nc1. The summed E-state index contributed by atoms with van der Waals surface area (Å²) in [5, 5.41) is 4.04. The van der Waals surface area contributed by atoms with E-state index in [0.717, 1.165) is 24.7 Å². The van der Waals surface area contributed by atoms with Crippen LogP contribution in [0.25, 0.3) is 0 Å². The molecular formula is C14H15ClN4O. The molecular weight excluding hydrogens is 276 g/mol. The highest BCUT2D eigenvalue weighted by molar-refractivity contribution is 6.16.